The van der Waals surface area contributed by atoms with E-state index in [4.69, 9.17) is 17.4 Å². The van der Waals surface area contributed by atoms with Crippen molar-refractivity contribution in [3.8, 4) is 0 Å². The summed E-state index contributed by atoms with van der Waals surface area (Å²) in [6.45, 7) is 5.73. The highest BCUT2D eigenvalue weighted by atomic mass is 35.5. The summed E-state index contributed by atoms with van der Waals surface area (Å²) in [5.41, 5.74) is 3.80. The monoisotopic (exact) mass is 268 g/mol. The molecule has 0 atom stereocenters. The SMILES string of the molecule is CC(C)CN=C(NN)N(C)Cc1ccc(Cl)cc1. The number of aliphatic imine (C=N–C) groups is 1. The molecule has 3 N–H and O–H groups in total. The first-order valence-electron chi connectivity index (χ1n) is 5.99. The number of rotatable bonds is 4. The molecular weight excluding hydrogens is 248 g/mol. The minimum absolute atomic E-state index is 0.511. The first-order valence-corrected chi connectivity index (χ1v) is 6.37. The Labute approximate surface area is 114 Å². The van der Waals surface area contributed by atoms with Gasteiger partial charge < -0.3 is 4.90 Å². The van der Waals surface area contributed by atoms with E-state index in [1.54, 1.807) is 0 Å². The highest BCUT2D eigenvalue weighted by molar-refractivity contribution is 6.30. The fourth-order valence-electron chi connectivity index (χ4n) is 1.48. The van der Waals surface area contributed by atoms with Crippen molar-refractivity contribution in [2.45, 2.75) is 20.4 Å². The van der Waals surface area contributed by atoms with E-state index < -0.39 is 0 Å². The van der Waals surface area contributed by atoms with Crippen LogP contribution in [0, 0.1) is 5.92 Å². The number of hydrogen-bond acceptors (Lipinski definition) is 2. The third-order valence-corrected chi connectivity index (χ3v) is 2.68. The van der Waals surface area contributed by atoms with Gasteiger partial charge in [0.2, 0.25) is 5.96 Å². The lowest BCUT2D eigenvalue weighted by molar-refractivity contribution is 0.474. The molecule has 0 aromatic heterocycles. The van der Waals surface area contributed by atoms with Crippen molar-refractivity contribution in [1.29, 1.82) is 0 Å². The summed E-state index contributed by atoms with van der Waals surface area (Å²) in [7, 11) is 1.95. The molecule has 18 heavy (non-hydrogen) atoms. The lowest BCUT2D eigenvalue weighted by atomic mass is 10.2. The van der Waals surface area contributed by atoms with Gasteiger partial charge in [-0.15, -0.1) is 0 Å². The first-order chi connectivity index (χ1) is 8.52. The summed E-state index contributed by atoms with van der Waals surface area (Å²) in [5, 5.41) is 0.743. The van der Waals surface area contributed by atoms with Crippen LogP contribution in [0.1, 0.15) is 19.4 Å². The topological polar surface area (TPSA) is 53.6 Å². The van der Waals surface area contributed by atoms with Crippen LogP contribution in [0.3, 0.4) is 0 Å². The molecule has 0 aliphatic heterocycles. The van der Waals surface area contributed by atoms with Gasteiger partial charge in [0.1, 0.15) is 0 Å². The second kappa shape index (κ2) is 7.24. The molecule has 0 fully saturated rings. The largest absolute Gasteiger partial charge is 0.341 e. The first kappa shape index (κ1) is 14.8. The normalized spacial score (nSPS) is 11.8. The molecule has 0 bridgehead atoms. The van der Waals surface area contributed by atoms with E-state index in [9.17, 15) is 0 Å². The van der Waals surface area contributed by atoms with Gasteiger partial charge in [-0.2, -0.15) is 0 Å². The molecule has 0 aliphatic rings. The lowest BCUT2D eigenvalue weighted by Gasteiger charge is -2.21. The van der Waals surface area contributed by atoms with E-state index in [0.717, 1.165) is 23.7 Å². The number of hydrazine groups is 1. The Hall–Kier alpha value is -1.26. The van der Waals surface area contributed by atoms with E-state index in [2.05, 4.69) is 24.3 Å². The van der Waals surface area contributed by atoms with Crippen molar-refractivity contribution in [2.75, 3.05) is 13.6 Å². The third kappa shape index (κ3) is 4.94. The number of benzene rings is 1. The number of hydrogen-bond donors (Lipinski definition) is 2. The van der Waals surface area contributed by atoms with E-state index >= 15 is 0 Å². The number of nitrogens with zero attached hydrogens (tertiary/aromatic N) is 2. The standard InChI is InChI=1S/C13H21ClN4/c1-10(2)8-16-13(17-15)18(3)9-11-4-6-12(14)7-5-11/h4-7,10H,8-9,15H2,1-3H3,(H,16,17). The Bertz CT molecular complexity index is 386. The van der Waals surface area contributed by atoms with Crippen LogP contribution in [-0.4, -0.2) is 24.5 Å². The fraction of sp³-hybridized carbons (Fsp3) is 0.462. The minimum Gasteiger partial charge on any atom is -0.341 e. The van der Waals surface area contributed by atoms with Crippen molar-refractivity contribution in [3.63, 3.8) is 0 Å². The zero-order chi connectivity index (χ0) is 13.5. The molecule has 0 radical (unpaired) electrons. The van der Waals surface area contributed by atoms with Gasteiger partial charge in [0.15, 0.2) is 0 Å². The van der Waals surface area contributed by atoms with Crippen molar-refractivity contribution in [3.05, 3.63) is 34.9 Å². The summed E-state index contributed by atoms with van der Waals surface area (Å²) in [6.07, 6.45) is 0. The Morgan fingerprint density at radius 2 is 2.00 bits per heavy atom. The molecule has 0 amide bonds. The Kier molecular flexibility index (Phi) is 5.95. The van der Waals surface area contributed by atoms with Crippen molar-refractivity contribution in [1.82, 2.24) is 10.3 Å². The van der Waals surface area contributed by atoms with Crippen LogP contribution in [-0.2, 0) is 6.54 Å². The zero-order valence-corrected chi connectivity index (χ0v) is 11.9. The molecule has 0 saturated carbocycles. The number of nitrogens with two attached hydrogens (primary N) is 1. The minimum atomic E-state index is 0.511. The predicted molar refractivity (Wildman–Crippen MR) is 77.4 cm³/mol. The molecule has 0 unspecified atom stereocenters. The fourth-order valence-corrected chi connectivity index (χ4v) is 1.61. The maximum atomic E-state index is 5.85. The molecule has 5 heteroatoms. The second-order valence-corrected chi connectivity index (χ2v) is 5.12. The number of halogens is 1. The van der Waals surface area contributed by atoms with Crippen LogP contribution in [0.4, 0.5) is 0 Å². The van der Waals surface area contributed by atoms with E-state index in [0.29, 0.717) is 11.9 Å². The third-order valence-electron chi connectivity index (χ3n) is 2.43. The summed E-state index contributed by atoms with van der Waals surface area (Å²) in [6, 6.07) is 7.75. The van der Waals surface area contributed by atoms with Gasteiger partial charge in [-0.25, -0.2) is 5.84 Å². The molecule has 100 valence electrons. The average molecular weight is 269 g/mol. The average Bonchev–Trinajstić information content (AvgIpc) is 2.32. The van der Waals surface area contributed by atoms with Gasteiger partial charge in [-0.05, 0) is 23.6 Å². The van der Waals surface area contributed by atoms with Crippen molar-refractivity contribution >= 4 is 17.6 Å². The number of nitrogens with one attached hydrogen (secondary N) is 1. The zero-order valence-electron chi connectivity index (χ0n) is 11.2. The highest BCUT2D eigenvalue weighted by Crippen LogP contribution is 2.11. The van der Waals surface area contributed by atoms with Crippen LogP contribution >= 0.6 is 11.6 Å². The quantitative estimate of drug-likeness (QED) is 0.381. The van der Waals surface area contributed by atoms with E-state index in [-0.39, 0.29) is 0 Å². The number of guanidine groups is 1. The van der Waals surface area contributed by atoms with Gasteiger partial charge in [0.05, 0.1) is 0 Å². The van der Waals surface area contributed by atoms with E-state index in [1.807, 2.05) is 36.2 Å². The summed E-state index contributed by atoms with van der Waals surface area (Å²) >= 11 is 5.85. The Morgan fingerprint density at radius 3 is 2.50 bits per heavy atom. The van der Waals surface area contributed by atoms with Crippen LogP contribution in [0.5, 0.6) is 0 Å². The highest BCUT2D eigenvalue weighted by Gasteiger charge is 2.06. The Morgan fingerprint density at radius 1 is 1.39 bits per heavy atom. The van der Waals surface area contributed by atoms with Gasteiger partial charge >= 0.3 is 0 Å². The molecular formula is C13H21ClN4. The second-order valence-electron chi connectivity index (χ2n) is 4.69. The lowest BCUT2D eigenvalue weighted by Crippen LogP contribution is -2.42. The van der Waals surface area contributed by atoms with Crippen LogP contribution in [0.25, 0.3) is 0 Å². The predicted octanol–water partition coefficient (Wildman–Crippen LogP) is 2.25. The molecule has 0 spiro atoms. The summed E-state index contributed by atoms with van der Waals surface area (Å²) < 4.78 is 0. The van der Waals surface area contributed by atoms with Crippen LogP contribution in [0.15, 0.2) is 29.3 Å². The van der Waals surface area contributed by atoms with Crippen LogP contribution < -0.4 is 11.3 Å². The van der Waals surface area contributed by atoms with E-state index in [1.165, 1.54) is 0 Å². The van der Waals surface area contributed by atoms with Gasteiger partial charge in [-0.3, -0.25) is 10.4 Å². The molecule has 1 rings (SSSR count). The molecule has 1 aromatic carbocycles. The van der Waals surface area contributed by atoms with Gasteiger partial charge in [-0.1, -0.05) is 37.6 Å². The summed E-state index contributed by atoms with van der Waals surface area (Å²) in [5.74, 6) is 6.70. The molecule has 0 saturated heterocycles. The van der Waals surface area contributed by atoms with Crippen LogP contribution in [0.2, 0.25) is 5.02 Å². The van der Waals surface area contributed by atoms with Crippen molar-refractivity contribution < 1.29 is 0 Å². The maximum absolute atomic E-state index is 5.85. The van der Waals surface area contributed by atoms with Crippen molar-refractivity contribution in [2.24, 2.45) is 16.8 Å². The van der Waals surface area contributed by atoms with Gasteiger partial charge in [0.25, 0.3) is 0 Å². The van der Waals surface area contributed by atoms with Gasteiger partial charge in [0, 0.05) is 25.2 Å². The maximum Gasteiger partial charge on any atom is 0.208 e. The smallest absolute Gasteiger partial charge is 0.208 e. The Balaban J connectivity index is 2.64. The summed E-state index contributed by atoms with van der Waals surface area (Å²) in [4.78, 5) is 6.41. The molecule has 4 nitrogen and oxygen atoms in total. The molecule has 1 aromatic rings. The molecule has 0 aliphatic carbocycles. The molecule has 0 heterocycles.